The summed E-state index contributed by atoms with van der Waals surface area (Å²) < 4.78 is 10.5. The van der Waals surface area contributed by atoms with E-state index in [1.165, 1.54) is 0 Å². The van der Waals surface area contributed by atoms with Crippen molar-refractivity contribution in [2.75, 3.05) is 12.8 Å². The zero-order valence-corrected chi connectivity index (χ0v) is 8.74. The van der Waals surface area contributed by atoms with Crippen molar-refractivity contribution in [2.45, 2.75) is 19.4 Å². The number of ketones is 1. The van der Waals surface area contributed by atoms with E-state index in [9.17, 15) is 4.79 Å². The van der Waals surface area contributed by atoms with Gasteiger partial charge in [0.05, 0.1) is 18.4 Å². The second kappa shape index (κ2) is 3.46. The van der Waals surface area contributed by atoms with Crippen LogP contribution in [0.25, 0.3) is 0 Å². The van der Waals surface area contributed by atoms with Gasteiger partial charge in [-0.2, -0.15) is 0 Å². The molecule has 1 heterocycles. The third-order valence-corrected chi connectivity index (χ3v) is 2.52. The molecule has 0 saturated carbocycles. The number of ether oxygens (including phenoxy) is 2. The maximum Gasteiger partial charge on any atom is 0.207 e. The Balaban J connectivity index is 2.50. The average Bonchev–Trinajstić information content (AvgIpc) is 2.56. The SMILES string of the molecule is CCC1Oc2c(N)cc(OC)cc2C1=O. The van der Waals surface area contributed by atoms with Crippen molar-refractivity contribution in [3.05, 3.63) is 17.7 Å². The van der Waals surface area contributed by atoms with Crippen LogP contribution in [0.3, 0.4) is 0 Å². The maximum absolute atomic E-state index is 11.8. The van der Waals surface area contributed by atoms with Gasteiger partial charge in [-0.15, -0.1) is 0 Å². The van der Waals surface area contributed by atoms with Crippen molar-refractivity contribution in [3.8, 4) is 11.5 Å². The number of nitrogen functional groups attached to an aromatic ring is 1. The number of Topliss-reactive ketones (excluding diaryl/α,β-unsaturated/α-hetero) is 1. The standard InChI is InChI=1S/C11H13NO3/c1-3-9-10(13)7-4-6(14-2)5-8(12)11(7)15-9/h4-5,9H,3,12H2,1-2H3. The predicted molar refractivity (Wildman–Crippen MR) is 56.4 cm³/mol. The van der Waals surface area contributed by atoms with Gasteiger partial charge in [0.15, 0.2) is 11.9 Å². The topological polar surface area (TPSA) is 61.6 Å². The van der Waals surface area contributed by atoms with Gasteiger partial charge in [-0.1, -0.05) is 6.92 Å². The van der Waals surface area contributed by atoms with Gasteiger partial charge in [-0.05, 0) is 12.5 Å². The first-order valence-electron chi connectivity index (χ1n) is 4.85. The van der Waals surface area contributed by atoms with E-state index >= 15 is 0 Å². The zero-order valence-electron chi connectivity index (χ0n) is 8.74. The van der Waals surface area contributed by atoms with E-state index in [-0.39, 0.29) is 5.78 Å². The Morgan fingerprint density at radius 2 is 2.27 bits per heavy atom. The Morgan fingerprint density at radius 1 is 1.53 bits per heavy atom. The monoisotopic (exact) mass is 207 g/mol. The summed E-state index contributed by atoms with van der Waals surface area (Å²) in [5.41, 5.74) is 6.75. The Kier molecular flexibility index (Phi) is 2.26. The number of benzene rings is 1. The first-order chi connectivity index (χ1) is 7.17. The number of carbonyl (C=O) groups is 1. The summed E-state index contributed by atoms with van der Waals surface area (Å²) in [5.74, 6) is 1.06. The Morgan fingerprint density at radius 3 is 2.87 bits per heavy atom. The molecule has 0 spiro atoms. The largest absolute Gasteiger partial charge is 0.497 e. The van der Waals surface area contributed by atoms with Crippen LogP contribution in [0.1, 0.15) is 23.7 Å². The molecule has 0 bridgehead atoms. The summed E-state index contributed by atoms with van der Waals surface area (Å²) >= 11 is 0. The van der Waals surface area contributed by atoms with Gasteiger partial charge in [0.2, 0.25) is 5.78 Å². The van der Waals surface area contributed by atoms with E-state index in [1.54, 1.807) is 19.2 Å². The Bertz CT molecular complexity index is 415. The van der Waals surface area contributed by atoms with Crippen LogP contribution in [0.15, 0.2) is 12.1 Å². The lowest BCUT2D eigenvalue weighted by atomic mass is 10.1. The molecule has 1 atom stereocenters. The van der Waals surface area contributed by atoms with Gasteiger partial charge in [-0.25, -0.2) is 0 Å². The van der Waals surface area contributed by atoms with Crippen molar-refractivity contribution < 1.29 is 14.3 Å². The van der Waals surface area contributed by atoms with Crippen molar-refractivity contribution >= 4 is 11.5 Å². The lowest BCUT2D eigenvalue weighted by molar-refractivity contribution is 0.0853. The highest BCUT2D eigenvalue weighted by Crippen LogP contribution is 2.38. The van der Waals surface area contributed by atoms with E-state index < -0.39 is 6.10 Å². The molecule has 0 radical (unpaired) electrons. The summed E-state index contributed by atoms with van der Waals surface area (Å²) in [6, 6.07) is 3.33. The summed E-state index contributed by atoms with van der Waals surface area (Å²) in [7, 11) is 1.54. The van der Waals surface area contributed by atoms with Crippen LogP contribution < -0.4 is 15.2 Å². The minimum absolute atomic E-state index is 0.0156. The third-order valence-electron chi connectivity index (χ3n) is 2.52. The Hall–Kier alpha value is -1.71. The number of rotatable bonds is 2. The highest BCUT2D eigenvalue weighted by molar-refractivity contribution is 6.06. The van der Waals surface area contributed by atoms with Crippen LogP contribution in [0.2, 0.25) is 0 Å². The summed E-state index contributed by atoms with van der Waals surface area (Å²) in [6.07, 6.45) is 0.254. The molecule has 0 fully saturated rings. The van der Waals surface area contributed by atoms with Crippen LogP contribution in [0, 0.1) is 0 Å². The molecule has 1 aromatic rings. The summed E-state index contributed by atoms with van der Waals surface area (Å²) in [6.45, 7) is 1.90. The first-order valence-corrected chi connectivity index (χ1v) is 4.85. The highest BCUT2D eigenvalue weighted by atomic mass is 16.5. The smallest absolute Gasteiger partial charge is 0.207 e. The first kappa shape index (κ1) is 9.83. The summed E-state index contributed by atoms with van der Waals surface area (Å²) in [5, 5.41) is 0. The molecule has 4 heteroatoms. The molecule has 15 heavy (non-hydrogen) atoms. The normalized spacial score (nSPS) is 18.5. The number of anilines is 1. The molecule has 80 valence electrons. The molecule has 1 aromatic carbocycles. The van der Waals surface area contributed by atoms with Crippen molar-refractivity contribution in [1.82, 2.24) is 0 Å². The van der Waals surface area contributed by atoms with Crippen LogP contribution in [-0.2, 0) is 0 Å². The lowest BCUT2D eigenvalue weighted by Gasteiger charge is -2.07. The van der Waals surface area contributed by atoms with Gasteiger partial charge < -0.3 is 15.2 Å². The quantitative estimate of drug-likeness (QED) is 0.749. The zero-order chi connectivity index (χ0) is 11.0. The predicted octanol–water partition coefficient (Wildman–Crippen LogP) is 1.63. The molecular formula is C11H13NO3. The fourth-order valence-electron chi connectivity index (χ4n) is 1.69. The number of fused-ring (bicyclic) bond motifs is 1. The molecule has 1 aliphatic rings. The van der Waals surface area contributed by atoms with Gasteiger partial charge in [-0.3, -0.25) is 4.79 Å². The fourth-order valence-corrected chi connectivity index (χ4v) is 1.69. The minimum atomic E-state index is -0.394. The molecule has 1 aliphatic heterocycles. The number of hydrogen-bond acceptors (Lipinski definition) is 4. The van der Waals surface area contributed by atoms with Crippen LogP contribution in [-0.4, -0.2) is 19.0 Å². The molecule has 0 amide bonds. The second-order valence-corrected chi connectivity index (χ2v) is 3.47. The molecule has 0 aromatic heterocycles. The van der Waals surface area contributed by atoms with Crippen molar-refractivity contribution in [1.29, 1.82) is 0 Å². The second-order valence-electron chi connectivity index (χ2n) is 3.47. The molecule has 0 saturated heterocycles. The maximum atomic E-state index is 11.8. The minimum Gasteiger partial charge on any atom is -0.497 e. The van der Waals surface area contributed by atoms with Gasteiger partial charge in [0.25, 0.3) is 0 Å². The van der Waals surface area contributed by atoms with Crippen LogP contribution in [0.4, 0.5) is 5.69 Å². The molecule has 1 unspecified atom stereocenters. The number of carbonyl (C=O) groups excluding carboxylic acids is 1. The number of methoxy groups -OCH3 is 1. The molecule has 4 nitrogen and oxygen atoms in total. The van der Waals surface area contributed by atoms with Crippen molar-refractivity contribution in [3.63, 3.8) is 0 Å². The summed E-state index contributed by atoms with van der Waals surface area (Å²) in [4.78, 5) is 11.8. The van der Waals surface area contributed by atoms with E-state index in [0.29, 0.717) is 29.2 Å². The van der Waals surface area contributed by atoms with Crippen LogP contribution >= 0.6 is 0 Å². The van der Waals surface area contributed by atoms with Crippen molar-refractivity contribution in [2.24, 2.45) is 0 Å². The van der Waals surface area contributed by atoms with E-state index in [4.69, 9.17) is 15.2 Å². The Labute approximate surface area is 88.0 Å². The van der Waals surface area contributed by atoms with E-state index in [2.05, 4.69) is 0 Å². The fraction of sp³-hybridized carbons (Fsp3) is 0.364. The average molecular weight is 207 g/mol. The van der Waals surface area contributed by atoms with E-state index in [0.717, 1.165) is 0 Å². The van der Waals surface area contributed by atoms with Gasteiger partial charge in [0, 0.05) is 6.07 Å². The molecule has 2 rings (SSSR count). The molecule has 0 aliphatic carbocycles. The van der Waals surface area contributed by atoms with Crippen LogP contribution in [0.5, 0.6) is 11.5 Å². The van der Waals surface area contributed by atoms with Gasteiger partial charge >= 0.3 is 0 Å². The number of hydrogen-bond donors (Lipinski definition) is 1. The lowest BCUT2D eigenvalue weighted by Crippen LogP contribution is -2.18. The molecular weight excluding hydrogens is 194 g/mol. The highest BCUT2D eigenvalue weighted by Gasteiger charge is 2.33. The molecule has 2 N–H and O–H groups in total. The third kappa shape index (κ3) is 1.42. The van der Waals surface area contributed by atoms with Gasteiger partial charge in [0.1, 0.15) is 5.75 Å². The van der Waals surface area contributed by atoms with E-state index in [1.807, 2.05) is 6.92 Å². The number of nitrogens with two attached hydrogens (primary N) is 1.